The van der Waals surface area contributed by atoms with E-state index in [9.17, 15) is 5.11 Å². The molecular formula is C12H16ClNOS. The molecule has 0 bridgehead atoms. The monoisotopic (exact) mass is 257 g/mol. The van der Waals surface area contributed by atoms with Crippen LogP contribution in [0.4, 0.5) is 0 Å². The Kier molecular flexibility index (Phi) is 4.00. The van der Waals surface area contributed by atoms with Crippen LogP contribution in [0.25, 0.3) is 0 Å². The minimum atomic E-state index is 0.234. The predicted molar refractivity (Wildman–Crippen MR) is 69.5 cm³/mol. The van der Waals surface area contributed by atoms with Crippen LogP contribution in [0.15, 0.2) is 23.1 Å². The van der Waals surface area contributed by atoms with E-state index in [1.54, 1.807) is 12.1 Å². The van der Waals surface area contributed by atoms with Gasteiger partial charge in [-0.1, -0.05) is 11.6 Å². The van der Waals surface area contributed by atoms with Crippen LogP contribution in [-0.4, -0.2) is 35.4 Å². The fourth-order valence-corrected chi connectivity index (χ4v) is 3.30. The zero-order valence-electron chi connectivity index (χ0n) is 9.32. The third-order valence-corrected chi connectivity index (χ3v) is 4.71. The number of phenolic OH excluding ortho intramolecular Hbond substituents is 1. The Labute approximate surface area is 106 Å². The summed E-state index contributed by atoms with van der Waals surface area (Å²) in [5, 5.41) is 10.6. The Hall–Kier alpha value is -0.380. The lowest BCUT2D eigenvalue weighted by molar-refractivity contribution is 0.282. The first-order valence-electron chi connectivity index (χ1n) is 5.49. The first-order chi connectivity index (χ1) is 7.65. The number of likely N-dealkylation sites (tertiary alicyclic amines) is 1. The molecule has 1 aliphatic heterocycles. The SMILES string of the molecule is CN1CCC(Sc2ccc(O)cc2Cl)CC1. The summed E-state index contributed by atoms with van der Waals surface area (Å²) in [6, 6.07) is 5.21. The van der Waals surface area contributed by atoms with Gasteiger partial charge in [-0.05, 0) is 51.2 Å². The van der Waals surface area contributed by atoms with Crippen LogP contribution in [0.5, 0.6) is 5.75 Å². The number of benzene rings is 1. The number of hydrogen-bond donors (Lipinski definition) is 1. The zero-order chi connectivity index (χ0) is 11.5. The van der Waals surface area contributed by atoms with Gasteiger partial charge >= 0.3 is 0 Å². The standard InChI is InChI=1S/C12H16ClNOS/c1-14-6-4-10(5-7-14)16-12-3-2-9(15)8-11(12)13/h2-3,8,10,15H,4-7H2,1H3. The number of piperidine rings is 1. The minimum absolute atomic E-state index is 0.234. The molecule has 0 amide bonds. The van der Waals surface area contributed by atoms with Crippen molar-refractivity contribution < 1.29 is 5.11 Å². The molecule has 1 aliphatic rings. The van der Waals surface area contributed by atoms with Crippen LogP contribution in [-0.2, 0) is 0 Å². The maximum absolute atomic E-state index is 9.28. The third kappa shape index (κ3) is 3.06. The summed E-state index contributed by atoms with van der Waals surface area (Å²) in [5.74, 6) is 0.234. The maximum Gasteiger partial charge on any atom is 0.117 e. The summed E-state index contributed by atoms with van der Waals surface area (Å²) >= 11 is 7.92. The highest BCUT2D eigenvalue weighted by atomic mass is 35.5. The van der Waals surface area contributed by atoms with Crippen LogP contribution in [0.3, 0.4) is 0 Å². The highest BCUT2D eigenvalue weighted by molar-refractivity contribution is 8.00. The molecule has 88 valence electrons. The van der Waals surface area contributed by atoms with E-state index in [0.717, 1.165) is 18.0 Å². The summed E-state index contributed by atoms with van der Waals surface area (Å²) in [4.78, 5) is 3.43. The molecule has 1 aromatic carbocycles. The molecule has 0 radical (unpaired) electrons. The molecule has 0 aliphatic carbocycles. The molecule has 16 heavy (non-hydrogen) atoms. The van der Waals surface area contributed by atoms with Crippen molar-refractivity contribution in [2.45, 2.75) is 23.0 Å². The molecule has 1 N–H and O–H groups in total. The van der Waals surface area contributed by atoms with E-state index in [-0.39, 0.29) is 5.75 Å². The van der Waals surface area contributed by atoms with E-state index in [0.29, 0.717) is 10.3 Å². The van der Waals surface area contributed by atoms with E-state index in [2.05, 4.69) is 11.9 Å². The molecule has 0 saturated carbocycles. The number of nitrogens with zero attached hydrogens (tertiary/aromatic N) is 1. The molecule has 2 rings (SSSR count). The van der Waals surface area contributed by atoms with Crippen LogP contribution < -0.4 is 0 Å². The number of phenols is 1. The highest BCUT2D eigenvalue weighted by Gasteiger charge is 2.18. The molecular weight excluding hydrogens is 242 g/mol. The van der Waals surface area contributed by atoms with Crippen molar-refractivity contribution in [2.75, 3.05) is 20.1 Å². The Balaban J connectivity index is 1.98. The number of rotatable bonds is 2. The lowest BCUT2D eigenvalue weighted by Gasteiger charge is -2.28. The Bertz CT molecular complexity index is 364. The second kappa shape index (κ2) is 5.30. The van der Waals surface area contributed by atoms with Gasteiger partial charge in [0.05, 0.1) is 5.02 Å². The predicted octanol–water partition coefficient (Wildman–Crippen LogP) is 3.23. The van der Waals surface area contributed by atoms with Crippen LogP contribution in [0.2, 0.25) is 5.02 Å². The molecule has 4 heteroatoms. The summed E-state index contributed by atoms with van der Waals surface area (Å²) in [6.07, 6.45) is 2.41. The smallest absolute Gasteiger partial charge is 0.117 e. The molecule has 0 spiro atoms. The van der Waals surface area contributed by atoms with Crippen molar-refractivity contribution in [3.05, 3.63) is 23.2 Å². The summed E-state index contributed by atoms with van der Waals surface area (Å²) < 4.78 is 0. The second-order valence-corrected chi connectivity index (χ2v) is 5.98. The van der Waals surface area contributed by atoms with Gasteiger partial charge in [0.2, 0.25) is 0 Å². The molecule has 1 saturated heterocycles. The molecule has 0 unspecified atom stereocenters. The van der Waals surface area contributed by atoms with Crippen LogP contribution in [0.1, 0.15) is 12.8 Å². The maximum atomic E-state index is 9.28. The molecule has 0 aromatic heterocycles. The molecule has 1 aromatic rings. The van der Waals surface area contributed by atoms with Crippen LogP contribution in [0, 0.1) is 0 Å². The zero-order valence-corrected chi connectivity index (χ0v) is 10.9. The summed E-state index contributed by atoms with van der Waals surface area (Å²) in [6.45, 7) is 2.32. The van der Waals surface area contributed by atoms with Gasteiger partial charge in [-0.15, -0.1) is 11.8 Å². The van der Waals surface area contributed by atoms with Gasteiger partial charge in [-0.2, -0.15) is 0 Å². The number of halogens is 1. The van der Waals surface area contributed by atoms with Crippen molar-refractivity contribution >= 4 is 23.4 Å². The van der Waals surface area contributed by atoms with E-state index in [4.69, 9.17) is 11.6 Å². The third-order valence-electron chi connectivity index (χ3n) is 2.87. The van der Waals surface area contributed by atoms with Crippen LogP contribution >= 0.6 is 23.4 Å². The fraction of sp³-hybridized carbons (Fsp3) is 0.500. The van der Waals surface area contributed by atoms with Crippen molar-refractivity contribution in [1.29, 1.82) is 0 Å². The van der Waals surface area contributed by atoms with E-state index < -0.39 is 0 Å². The van der Waals surface area contributed by atoms with Gasteiger partial charge in [-0.25, -0.2) is 0 Å². The van der Waals surface area contributed by atoms with Crippen molar-refractivity contribution in [3.8, 4) is 5.75 Å². The number of hydrogen-bond acceptors (Lipinski definition) is 3. The Morgan fingerprint density at radius 3 is 2.69 bits per heavy atom. The second-order valence-electron chi connectivity index (χ2n) is 4.24. The molecule has 2 nitrogen and oxygen atoms in total. The van der Waals surface area contributed by atoms with E-state index in [1.165, 1.54) is 12.8 Å². The lowest BCUT2D eigenvalue weighted by Crippen LogP contribution is -2.31. The average Bonchev–Trinajstić information content (AvgIpc) is 2.25. The topological polar surface area (TPSA) is 23.5 Å². The van der Waals surface area contributed by atoms with E-state index >= 15 is 0 Å². The van der Waals surface area contributed by atoms with Gasteiger partial charge in [0.1, 0.15) is 5.75 Å². The fourth-order valence-electron chi connectivity index (χ4n) is 1.87. The van der Waals surface area contributed by atoms with Gasteiger partial charge in [0.15, 0.2) is 0 Å². The number of aromatic hydroxyl groups is 1. The first kappa shape index (κ1) is 12.1. The quantitative estimate of drug-likeness (QED) is 0.880. The Morgan fingerprint density at radius 2 is 2.06 bits per heavy atom. The molecule has 1 fully saturated rings. The lowest BCUT2D eigenvalue weighted by atomic mass is 10.1. The largest absolute Gasteiger partial charge is 0.508 e. The molecule has 0 atom stereocenters. The van der Waals surface area contributed by atoms with E-state index in [1.807, 2.05) is 17.8 Å². The van der Waals surface area contributed by atoms with Gasteiger partial charge in [-0.3, -0.25) is 0 Å². The average molecular weight is 258 g/mol. The Morgan fingerprint density at radius 1 is 1.38 bits per heavy atom. The molecule has 1 heterocycles. The van der Waals surface area contributed by atoms with Crippen molar-refractivity contribution in [1.82, 2.24) is 4.90 Å². The van der Waals surface area contributed by atoms with Crippen molar-refractivity contribution in [3.63, 3.8) is 0 Å². The van der Waals surface area contributed by atoms with Gasteiger partial charge < -0.3 is 10.0 Å². The normalized spacial score (nSPS) is 18.9. The number of thioether (sulfide) groups is 1. The summed E-state index contributed by atoms with van der Waals surface area (Å²) in [5.41, 5.74) is 0. The van der Waals surface area contributed by atoms with Crippen molar-refractivity contribution in [2.24, 2.45) is 0 Å². The first-order valence-corrected chi connectivity index (χ1v) is 6.74. The van der Waals surface area contributed by atoms with Gasteiger partial charge in [0, 0.05) is 10.1 Å². The van der Waals surface area contributed by atoms with Gasteiger partial charge in [0.25, 0.3) is 0 Å². The highest BCUT2D eigenvalue weighted by Crippen LogP contribution is 2.36. The minimum Gasteiger partial charge on any atom is -0.508 e. The summed E-state index contributed by atoms with van der Waals surface area (Å²) in [7, 11) is 2.16.